The maximum Gasteiger partial charge on any atom is 0.251 e. The van der Waals surface area contributed by atoms with E-state index in [0.29, 0.717) is 18.7 Å². The van der Waals surface area contributed by atoms with Gasteiger partial charge in [0, 0.05) is 25.2 Å². The number of rotatable bonds is 7. The van der Waals surface area contributed by atoms with E-state index >= 15 is 0 Å². The largest absolute Gasteiger partial charge is 0.494 e. The van der Waals surface area contributed by atoms with Gasteiger partial charge in [0.05, 0.1) is 12.6 Å². The van der Waals surface area contributed by atoms with Crippen LogP contribution in [-0.4, -0.2) is 60.9 Å². The molecule has 1 fully saturated rings. The lowest BCUT2D eigenvalue weighted by atomic mass is 9.97. The molecule has 0 bridgehead atoms. The van der Waals surface area contributed by atoms with Crippen molar-refractivity contribution in [2.24, 2.45) is 5.92 Å². The number of benzene rings is 2. The third-order valence-corrected chi connectivity index (χ3v) is 5.70. The van der Waals surface area contributed by atoms with Crippen molar-refractivity contribution in [1.82, 2.24) is 15.1 Å². The first-order chi connectivity index (χ1) is 14.9. The average molecular weight is 424 g/mol. The van der Waals surface area contributed by atoms with Gasteiger partial charge in [0.15, 0.2) is 0 Å². The van der Waals surface area contributed by atoms with Crippen molar-refractivity contribution >= 4 is 11.8 Å². The summed E-state index contributed by atoms with van der Waals surface area (Å²) in [5.74, 6) is 0.408. The molecule has 1 heterocycles. The standard InChI is InChI=1S/C25H33N3O3/c1-5-31-21-13-11-20(12-14-21)24(29)26-23(18(2)3)25(30)28-16-15-27(4)17-22(28)19-9-7-6-8-10-19/h6-14,18,22-23H,5,15-17H2,1-4H3,(H,26,29)/t22-,23-/m1/s1. The van der Waals surface area contributed by atoms with Crippen molar-refractivity contribution in [1.29, 1.82) is 0 Å². The van der Waals surface area contributed by atoms with Crippen molar-refractivity contribution in [2.75, 3.05) is 33.3 Å². The van der Waals surface area contributed by atoms with Crippen molar-refractivity contribution in [3.63, 3.8) is 0 Å². The molecular formula is C25H33N3O3. The zero-order valence-electron chi connectivity index (χ0n) is 18.9. The van der Waals surface area contributed by atoms with E-state index in [2.05, 4.69) is 29.4 Å². The Morgan fingerprint density at radius 1 is 1.06 bits per heavy atom. The van der Waals surface area contributed by atoms with Crippen LogP contribution in [-0.2, 0) is 4.79 Å². The molecular weight excluding hydrogens is 390 g/mol. The first-order valence-corrected chi connectivity index (χ1v) is 11.0. The third-order valence-electron chi connectivity index (χ3n) is 5.70. The Balaban J connectivity index is 1.77. The van der Waals surface area contributed by atoms with Gasteiger partial charge in [-0.3, -0.25) is 9.59 Å². The van der Waals surface area contributed by atoms with Crippen LogP contribution in [0.1, 0.15) is 42.7 Å². The predicted octanol–water partition coefficient (Wildman–Crippen LogP) is 3.36. The number of nitrogens with zero attached hydrogens (tertiary/aromatic N) is 2. The molecule has 2 atom stereocenters. The minimum Gasteiger partial charge on any atom is -0.494 e. The lowest BCUT2D eigenvalue weighted by molar-refractivity contribution is -0.139. The molecule has 0 radical (unpaired) electrons. The number of nitrogens with one attached hydrogen (secondary N) is 1. The second-order valence-electron chi connectivity index (χ2n) is 8.37. The summed E-state index contributed by atoms with van der Waals surface area (Å²) in [7, 11) is 2.07. The van der Waals surface area contributed by atoms with Crippen LogP contribution < -0.4 is 10.1 Å². The molecule has 1 saturated heterocycles. The van der Waals surface area contributed by atoms with Gasteiger partial charge in [-0.25, -0.2) is 0 Å². The van der Waals surface area contributed by atoms with Crippen LogP contribution in [0.25, 0.3) is 0 Å². The topological polar surface area (TPSA) is 61.9 Å². The van der Waals surface area contributed by atoms with Gasteiger partial charge < -0.3 is 19.9 Å². The molecule has 166 valence electrons. The Bertz CT molecular complexity index is 867. The highest BCUT2D eigenvalue weighted by Crippen LogP contribution is 2.26. The molecule has 0 unspecified atom stereocenters. The van der Waals surface area contributed by atoms with E-state index in [1.54, 1.807) is 24.3 Å². The van der Waals surface area contributed by atoms with Crippen molar-refractivity contribution in [3.8, 4) is 5.75 Å². The number of hydrogen-bond donors (Lipinski definition) is 1. The Labute approximate surface area is 185 Å². The maximum atomic E-state index is 13.6. The number of amides is 2. The number of hydrogen-bond acceptors (Lipinski definition) is 4. The van der Waals surface area contributed by atoms with Gasteiger partial charge in [-0.1, -0.05) is 44.2 Å². The molecule has 0 aliphatic carbocycles. The van der Waals surface area contributed by atoms with Gasteiger partial charge in [-0.15, -0.1) is 0 Å². The molecule has 1 N–H and O–H groups in total. The van der Waals surface area contributed by atoms with E-state index < -0.39 is 6.04 Å². The Kier molecular flexibility index (Phi) is 7.69. The van der Waals surface area contributed by atoms with E-state index in [4.69, 9.17) is 4.74 Å². The van der Waals surface area contributed by atoms with Gasteiger partial charge in [-0.05, 0) is 49.7 Å². The van der Waals surface area contributed by atoms with Gasteiger partial charge in [0.1, 0.15) is 11.8 Å². The fourth-order valence-corrected chi connectivity index (χ4v) is 3.93. The highest BCUT2D eigenvalue weighted by Gasteiger charge is 2.36. The van der Waals surface area contributed by atoms with Crippen LogP contribution in [0, 0.1) is 5.92 Å². The fourth-order valence-electron chi connectivity index (χ4n) is 3.93. The van der Waals surface area contributed by atoms with Gasteiger partial charge in [-0.2, -0.15) is 0 Å². The SMILES string of the molecule is CCOc1ccc(C(=O)N[C@@H](C(=O)N2CCN(C)C[C@@H]2c2ccccc2)C(C)C)cc1. The number of ether oxygens (including phenoxy) is 1. The van der Waals surface area contributed by atoms with Crippen molar-refractivity contribution in [3.05, 3.63) is 65.7 Å². The molecule has 0 spiro atoms. The Morgan fingerprint density at radius 3 is 2.35 bits per heavy atom. The van der Waals surface area contributed by atoms with Crippen LogP contribution >= 0.6 is 0 Å². The van der Waals surface area contributed by atoms with E-state index in [9.17, 15) is 9.59 Å². The van der Waals surface area contributed by atoms with Crippen molar-refractivity contribution < 1.29 is 14.3 Å². The van der Waals surface area contributed by atoms with Crippen LogP contribution in [0.15, 0.2) is 54.6 Å². The summed E-state index contributed by atoms with van der Waals surface area (Å²) in [6, 6.07) is 16.5. The van der Waals surface area contributed by atoms with Crippen molar-refractivity contribution in [2.45, 2.75) is 32.9 Å². The maximum absolute atomic E-state index is 13.6. The van der Waals surface area contributed by atoms with Crippen LogP contribution in [0.4, 0.5) is 0 Å². The smallest absolute Gasteiger partial charge is 0.251 e. The molecule has 31 heavy (non-hydrogen) atoms. The second-order valence-corrected chi connectivity index (χ2v) is 8.37. The summed E-state index contributed by atoms with van der Waals surface area (Å²) < 4.78 is 5.44. The Morgan fingerprint density at radius 2 is 1.74 bits per heavy atom. The zero-order valence-corrected chi connectivity index (χ0v) is 18.9. The Hall–Kier alpha value is -2.86. The molecule has 6 nitrogen and oxygen atoms in total. The summed E-state index contributed by atoms with van der Waals surface area (Å²) in [4.78, 5) is 30.7. The normalized spacial score (nSPS) is 18.0. The number of carbonyl (C=O) groups excluding carboxylic acids is 2. The number of piperazine rings is 1. The monoisotopic (exact) mass is 423 g/mol. The summed E-state index contributed by atoms with van der Waals surface area (Å²) >= 11 is 0. The average Bonchev–Trinajstić information content (AvgIpc) is 2.78. The van der Waals surface area contributed by atoms with E-state index in [1.807, 2.05) is 43.9 Å². The first-order valence-electron chi connectivity index (χ1n) is 11.0. The summed E-state index contributed by atoms with van der Waals surface area (Å²) in [6.07, 6.45) is 0. The minimum absolute atomic E-state index is 0.0313. The van der Waals surface area contributed by atoms with E-state index in [0.717, 1.165) is 24.4 Å². The van der Waals surface area contributed by atoms with Crippen LogP contribution in [0.3, 0.4) is 0 Å². The summed E-state index contributed by atoms with van der Waals surface area (Å²) in [5, 5.41) is 2.98. The fraction of sp³-hybridized carbons (Fsp3) is 0.440. The third kappa shape index (κ3) is 5.64. The molecule has 1 aliphatic rings. The zero-order chi connectivity index (χ0) is 22.4. The molecule has 0 saturated carbocycles. The predicted molar refractivity (Wildman–Crippen MR) is 122 cm³/mol. The molecule has 6 heteroatoms. The highest BCUT2D eigenvalue weighted by atomic mass is 16.5. The lowest BCUT2D eigenvalue weighted by Crippen LogP contribution is -2.57. The molecule has 2 aromatic carbocycles. The summed E-state index contributed by atoms with van der Waals surface area (Å²) in [6.45, 7) is 8.64. The van der Waals surface area contributed by atoms with Gasteiger partial charge in [0.2, 0.25) is 5.91 Å². The minimum atomic E-state index is -0.589. The van der Waals surface area contributed by atoms with Gasteiger partial charge >= 0.3 is 0 Å². The molecule has 2 aromatic rings. The molecule has 1 aliphatic heterocycles. The molecule has 2 amide bonds. The number of likely N-dealkylation sites (N-methyl/N-ethyl adjacent to an activating group) is 1. The molecule has 3 rings (SSSR count). The first kappa shape index (κ1) is 22.8. The van der Waals surface area contributed by atoms with Crippen LogP contribution in [0.5, 0.6) is 5.75 Å². The highest BCUT2D eigenvalue weighted by molar-refractivity contribution is 5.97. The van der Waals surface area contributed by atoms with Crippen LogP contribution in [0.2, 0.25) is 0 Å². The molecule has 0 aromatic heterocycles. The second kappa shape index (κ2) is 10.4. The van der Waals surface area contributed by atoms with E-state index in [-0.39, 0.29) is 23.8 Å². The number of carbonyl (C=O) groups is 2. The lowest BCUT2D eigenvalue weighted by Gasteiger charge is -2.42. The van der Waals surface area contributed by atoms with Gasteiger partial charge in [0.25, 0.3) is 5.91 Å². The summed E-state index contributed by atoms with van der Waals surface area (Å²) in [5.41, 5.74) is 1.63. The van der Waals surface area contributed by atoms with E-state index in [1.165, 1.54) is 0 Å². The quantitative estimate of drug-likeness (QED) is 0.742.